The summed E-state index contributed by atoms with van der Waals surface area (Å²) in [6.45, 7) is 0.291. The highest BCUT2D eigenvalue weighted by molar-refractivity contribution is 7.13. The summed E-state index contributed by atoms with van der Waals surface area (Å²) in [5.41, 5.74) is 3.69. The van der Waals surface area contributed by atoms with Gasteiger partial charge in [-0.25, -0.2) is 0 Å². The Kier molecular flexibility index (Phi) is 4.36. The van der Waals surface area contributed by atoms with E-state index in [4.69, 9.17) is 0 Å². The fraction of sp³-hybridized carbons (Fsp3) is 0.0588. The van der Waals surface area contributed by atoms with Gasteiger partial charge in [-0.3, -0.25) is 19.9 Å². The Labute approximate surface area is 151 Å². The van der Waals surface area contributed by atoms with Gasteiger partial charge in [0, 0.05) is 23.3 Å². The van der Waals surface area contributed by atoms with Crippen molar-refractivity contribution in [1.82, 2.24) is 25.5 Å². The third kappa shape index (κ3) is 3.35. The first-order valence-electron chi connectivity index (χ1n) is 7.51. The maximum atomic E-state index is 12.4. The van der Waals surface area contributed by atoms with Crippen LogP contribution >= 0.6 is 22.7 Å². The lowest BCUT2D eigenvalue weighted by Gasteiger charge is -2.06. The fourth-order valence-corrected chi connectivity index (χ4v) is 3.72. The zero-order valence-corrected chi connectivity index (χ0v) is 14.6. The van der Waals surface area contributed by atoms with Crippen molar-refractivity contribution in [3.05, 3.63) is 64.2 Å². The van der Waals surface area contributed by atoms with E-state index in [1.807, 2.05) is 34.3 Å². The van der Waals surface area contributed by atoms with Crippen molar-refractivity contribution in [1.29, 1.82) is 0 Å². The first-order valence-corrected chi connectivity index (χ1v) is 9.33. The smallest absolute Gasteiger partial charge is 0.272 e. The number of thiophene rings is 2. The number of amides is 1. The lowest BCUT2D eigenvalue weighted by atomic mass is 10.2. The number of rotatable bonds is 5. The number of H-pyrrole nitrogens is 1. The Bertz CT molecular complexity index is 976. The van der Waals surface area contributed by atoms with E-state index in [1.165, 1.54) is 0 Å². The summed E-state index contributed by atoms with van der Waals surface area (Å²) in [6.07, 6.45) is 3.28. The van der Waals surface area contributed by atoms with Gasteiger partial charge < -0.3 is 5.32 Å². The molecule has 0 aliphatic heterocycles. The highest BCUT2D eigenvalue weighted by atomic mass is 32.1. The Morgan fingerprint density at radius 1 is 1.20 bits per heavy atom. The zero-order valence-electron chi connectivity index (χ0n) is 13.0. The van der Waals surface area contributed by atoms with Crippen molar-refractivity contribution >= 4 is 28.6 Å². The number of aromatic amines is 1. The largest absolute Gasteiger partial charge is 0.345 e. The number of hydrogen-bond acceptors (Lipinski definition) is 6. The monoisotopic (exact) mass is 367 g/mol. The van der Waals surface area contributed by atoms with E-state index in [0.717, 1.165) is 27.5 Å². The van der Waals surface area contributed by atoms with Crippen LogP contribution in [-0.2, 0) is 6.54 Å². The third-order valence-electron chi connectivity index (χ3n) is 3.58. The van der Waals surface area contributed by atoms with Gasteiger partial charge in [0.25, 0.3) is 5.91 Å². The zero-order chi connectivity index (χ0) is 17.1. The van der Waals surface area contributed by atoms with E-state index in [1.54, 1.807) is 41.1 Å². The van der Waals surface area contributed by atoms with Crippen LogP contribution in [0.2, 0.25) is 0 Å². The Balaban J connectivity index is 1.48. The summed E-state index contributed by atoms with van der Waals surface area (Å²) in [5, 5.41) is 15.8. The van der Waals surface area contributed by atoms with Crippen LogP contribution in [0.1, 0.15) is 16.2 Å². The van der Waals surface area contributed by atoms with E-state index in [-0.39, 0.29) is 5.91 Å². The molecule has 0 aromatic carbocycles. The number of carbonyl (C=O) groups is 1. The molecule has 2 N–H and O–H groups in total. The maximum Gasteiger partial charge on any atom is 0.272 e. The van der Waals surface area contributed by atoms with Crippen LogP contribution in [0.3, 0.4) is 0 Å². The molecule has 124 valence electrons. The molecule has 6 nitrogen and oxygen atoms in total. The summed E-state index contributed by atoms with van der Waals surface area (Å²) in [6, 6.07) is 7.67. The van der Waals surface area contributed by atoms with E-state index in [0.29, 0.717) is 12.2 Å². The molecule has 0 aliphatic carbocycles. The minimum atomic E-state index is -0.249. The lowest BCUT2D eigenvalue weighted by Crippen LogP contribution is -2.24. The minimum Gasteiger partial charge on any atom is -0.345 e. The van der Waals surface area contributed by atoms with Gasteiger partial charge >= 0.3 is 0 Å². The average Bonchev–Trinajstić information content (AvgIpc) is 3.41. The van der Waals surface area contributed by atoms with Crippen LogP contribution in [0, 0.1) is 0 Å². The van der Waals surface area contributed by atoms with Crippen LogP contribution in [0.15, 0.2) is 52.8 Å². The summed E-state index contributed by atoms with van der Waals surface area (Å²) in [7, 11) is 0. The molecule has 0 saturated carbocycles. The molecule has 4 heterocycles. The van der Waals surface area contributed by atoms with Crippen molar-refractivity contribution in [3.8, 4) is 21.8 Å². The molecule has 4 rings (SSSR count). The van der Waals surface area contributed by atoms with Crippen LogP contribution in [-0.4, -0.2) is 26.1 Å². The van der Waals surface area contributed by atoms with Gasteiger partial charge in [-0.2, -0.15) is 16.4 Å². The molecular weight excluding hydrogens is 354 g/mol. The van der Waals surface area contributed by atoms with Crippen molar-refractivity contribution in [2.75, 3.05) is 0 Å². The second-order valence-corrected chi connectivity index (χ2v) is 6.92. The SMILES string of the molecule is O=C(NCc1nccnc1-c1ccsc1)c1cc(-c2cccs2)[nH]n1. The van der Waals surface area contributed by atoms with Gasteiger partial charge in [0.05, 0.1) is 28.5 Å². The first kappa shape index (κ1) is 15.7. The molecule has 0 fully saturated rings. The van der Waals surface area contributed by atoms with E-state index in [9.17, 15) is 4.79 Å². The van der Waals surface area contributed by atoms with Gasteiger partial charge in [-0.1, -0.05) is 6.07 Å². The average molecular weight is 367 g/mol. The van der Waals surface area contributed by atoms with Crippen molar-refractivity contribution in [2.45, 2.75) is 6.54 Å². The molecule has 4 aromatic rings. The van der Waals surface area contributed by atoms with Crippen LogP contribution in [0.25, 0.3) is 21.8 Å². The molecule has 4 aromatic heterocycles. The predicted molar refractivity (Wildman–Crippen MR) is 98.4 cm³/mol. The second kappa shape index (κ2) is 6.96. The molecule has 0 saturated heterocycles. The first-order chi connectivity index (χ1) is 12.3. The molecule has 1 amide bonds. The number of aromatic nitrogens is 4. The second-order valence-electron chi connectivity index (χ2n) is 5.19. The molecule has 0 atom stereocenters. The summed E-state index contributed by atoms with van der Waals surface area (Å²) >= 11 is 3.19. The van der Waals surface area contributed by atoms with Crippen LogP contribution < -0.4 is 5.32 Å². The lowest BCUT2D eigenvalue weighted by molar-refractivity contribution is 0.0945. The molecule has 8 heteroatoms. The maximum absolute atomic E-state index is 12.4. The minimum absolute atomic E-state index is 0.249. The molecule has 0 bridgehead atoms. The standard InChI is InChI=1S/C17H13N5OS2/c23-17(13-8-12(21-22-13)15-2-1-6-25-15)20-9-14-16(19-5-4-18-14)11-3-7-24-10-11/h1-8,10H,9H2,(H,20,23)(H,21,22). The molecular formula is C17H13N5OS2. The van der Waals surface area contributed by atoms with Gasteiger partial charge in [0.15, 0.2) is 5.69 Å². The normalized spacial score (nSPS) is 10.7. The Morgan fingerprint density at radius 2 is 2.12 bits per heavy atom. The highest BCUT2D eigenvalue weighted by Gasteiger charge is 2.14. The quantitative estimate of drug-likeness (QED) is 0.565. The number of carbonyl (C=O) groups excluding carboxylic acids is 1. The van der Waals surface area contributed by atoms with Gasteiger partial charge in [0.2, 0.25) is 0 Å². The third-order valence-corrected chi connectivity index (χ3v) is 5.17. The van der Waals surface area contributed by atoms with Crippen molar-refractivity contribution < 1.29 is 4.79 Å². The van der Waals surface area contributed by atoms with E-state index >= 15 is 0 Å². The summed E-state index contributed by atoms with van der Waals surface area (Å²) in [4.78, 5) is 22.1. The highest BCUT2D eigenvalue weighted by Crippen LogP contribution is 2.24. The predicted octanol–water partition coefficient (Wildman–Crippen LogP) is 3.59. The molecule has 0 spiro atoms. The topological polar surface area (TPSA) is 83.6 Å². The number of nitrogens with one attached hydrogen (secondary N) is 2. The van der Waals surface area contributed by atoms with Gasteiger partial charge in [-0.15, -0.1) is 11.3 Å². The molecule has 25 heavy (non-hydrogen) atoms. The van der Waals surface area contributed by atoms with Crippen LogP contribution in [0.4, 0.5) is 0 Å². The van der Waals surface area contributed by atoms with Gasteiger partial charge in [-0.05, 0) is 29.0 Å². The fourth-order valence-electron chi connectivity index (χ4n) is 2.39. The van der Waals surface area contributed by atoms with Gasteiger partial charge in [0.1, 0.15) is 0 Å². The summed E-state index contributed by atoms with van der Waals surface area (Å²) in [5.74, 6) is -0.249. The van der Waals surface area contributed by atoms with E-state index in [2.05, 4.69) is 25.5 Å². The van der Waals surface area contributed by atoms with Crippen LogP contribution in [0.5, 0.6) is 0 Å². The Morgan fingerprint density at radius 3 is 2.92 bits per heavy atom. The molecule has 0 aliphatic rings. The summed E-state index contributed by atoms with van der Waals surface area (Å²) < 4.78 is 0. The van der Waals surface area contributed by atoms with Crippen molar-refractivity contribution in [2.24, 2.45) is 0 Å². The number of nitrogens with zero attached hydrogens (tertiary/aromatic N) is 3. The number of hydrogen-bond donors (Lipinski definition) is 2. The Hall–Kier alpha value is -2.84. The molecule has 0 unspecified atom stereocenters. The van der Waals surface area contributed by atoms with E-state index < -0.39 is 0 Å². The molecule has 0 radical (unpaired) electrons. The van der Waals surface area contributed by atoms with Crippen molar-refractivity contribution in [3.63, 3.8) is 0 Å².